The highest BCUT2D eigenvalue weighted by atomic mass is 35.5. The van der Waals surface area contributed by atoms with Gasteiger partial charge in [-0.25, -0.2) is 9.97 Å². The highest BCUT2D eigenvalue weighted by Gasteiger charge is 2.11. The van der Waals surface area contributed by atoms with E-state index in [0.29, 0.717) is 23.2 Å². The first kappa shape index (κ1) is 14.3. The van der Waals surface area contributed by atoms with Gasteiger partial charge in [0.15, 0.2) is 0 Å². The van der Waals surface area contributed by atoms with Crippen molar-refractivity contribution >= 4 is 23.2 Å². The minimum Gasteiger partial charge on any atom is -0.478 e. The monoisotopic (exact) mass is 291 g/mol. The largest absolute Gasteiger partial charge is 0.478 e. The number of hydrogen-bond acceptors (Lipinski definition) is 4. The molecule has 0 unspecified atom stereocenters. The predicted octanol–water partition coefficient (Wildman–Crippen LogP) is 3.09. The van der Waals surface area contributed by atoms with Gasteiger partial charge in [0.25, 0.3) is 5.91 Å². The summed E-state index contributed by atoms with van der Waals surface area (Å²) in [5, 5.41) is 3.19. The molecule has 0 saturated carbocycles. The van der Waals surface area contributed by atoms with E-state index in [1.165, 1.54) is 12.4 Å². The number of ether oxygens (including phenoxy) is 1. The maximum absolute atomic E-state index is 12.1. The van der Waals surface area contributed by atoms with Gasteiger partial charge in [-0.1, -0.05) is 17.7 Å². The lowest BCUT2D eigenvalue weighted by atomic mass is 10.2. The van der Waals surface area contributed by atoms with E-state index in [2.05, 4.69) is 15.3 Å². The molecular formula is C14H14ClN3O2. The fraction of sp³-hybridized carbons (Fsp3) is 0.214. The molecule has 104 valence electrons. The van der Waals surface area contributed by atoms with Crippen LogP contribution >= 0.6 is 11.6 Å². The molecule has 1 amide bonds. The van der Waals surface area contributed by atoms with E-state index in [1.54, 1.807) is 12.1 Å². The molecule has 0 spiro atoms. The summed E-state index contributed by atoms with van der Waals surface area (Å²) in [4.78, 5) is 19.9. The summed E-state index contributed by atoms with van der Waals surface area (Å²) in [5.41, 5.74) is 1.78. The molecule has 1 aromatic heterocycles. The Kier molecular flexibility index (Phi) is 4.53. The van der Waals surface area contributed by atoms with E-state index in [-0.39, 0.29) is 11.6 Å². The number of rotatable bonds is 4. The standard InChI is InChI=1S/C14H14ClN3O2/c1-3-20-13-7-12(16-8-17-13)14(19)18-11-5-4-9(2)6-10(11)15/h4-8H,3H2,1-2H3,(H,18,19). The zero-order valence-electron chi connectivity index (χ0n) is 11.2. The quantitative estimate of drug-likeness (QED) is 0.940. The van der Waals surface area contributed by atoms with E-state index in [4.69, 9.17) is 16.3 Å². The van der Waals surface area contributed by atoms with Crippen LogP contribution in [0.3, 0.4) is 0 Å². The Labute approximate surface area is 122 Å². The Morgan fingerprint density at radius 2 is 2.15 bits per heavy atom. The molecule has 5 nitrogen and oxygen atoms in total. The van der Waals surface area contributed by atoms with Crippen molar-refractivity contribution in [1.82, 2.24) is 9.97 Å². The number of carbonyl (C=O) groups is 1. The zero-order valence-corrected chi connectivity index (χ0v) is 11.9. The minimum atomic E-state index is -0.362. The third kappa shape index (κ3) is 3.45. The molecule has 0 saturated heterocycles. The van der Waals surface area contributed by atoms with E-state index >= 15 is 0 Å². The molecule has 0 fully saturated rings. The number of hydrogen-bond donors (Lipinski definition) is 1. The fourth-order valence-electron chi connectivity index (χ4n) is 1.60. The normalized spacial score (nSPS) is 10.2. The average molecular weight is 292 g/mol. The summed E-state index contributed by atoms with van der Waals surface area (Å²) in [6, 6.07) is 6.89. The minimum absolute atomic E-state index is 0.222. The van der Waals surface area contributed by atoms with Crippen LogP contribution in [0, 0.1) is 6.92 Å². The van der Waals surface area contributed by atoms with Crippen molar-refractivity contribution in [2.24, 2.45) is 0 Å². The van der Waals surface area contributed by atoms with Crippen LogP contribution < -0.4 is 10.1 Å². The van der Waals surface area contributed by atoms with Gasteiger partial charge in [0.05, 0.1) is 17.3 Å². The lowest BCUT2D eigenvalue weighted by Gasteiger charge is -2.08. The topological polar surface area (TPSA) is 64.1 Å². The summed E-state index contributed by atoms with van der Waals surface area (Å²) in [7, 11) is 0. The third-order valence-electron chi connectivity index (χ3n) is 2.54. The number of carbonyl (C=O) groups excluding carboxylic acids is 1. The number of nitrogens with zero attached hydrogens (tertiary/aromatic N) is 2. The number of anilines is 1. The number of aryl methyl sites for hydroxylation is 1. The summed E-state index contributed by atoms with van der Waals surface area (Å²) in [6.45, 7) is 4.24. The fourth-order valence-corrected chi connectivity index (χ4v) is 1.88. The summed E-state index contributed by atoms with van der Waals surface area (Å²) in [5.74, 6) is 0.00163. The number of nitrogens with one attached hydrogen (secondary N) is 1. The SMILES string of the molecule is CCOc1cc(C(=O)Nc2ccc(C)cc2Cl)ncn1. The van der Waals surface area contributed by atoms with Crippen molar-refractivity contribution < 1.29 is 9.53 Å². The first-order valence-electron chi connectivity index (χ1n) is 6.12. The smallest absolute Gasteiger partial charge is 0.274 e. The van der Waals surface area contributed by atoms with Gasteiger partial charge in [0.2, 0.25) is 5.88 Å². The second-order valence-electron chi connectivity index (χ2n) is 4.11. The zero-order chi connectivity index (χ0) is 14.5. The summed E-state index contributed by atoms with van der Waals surface area (Å²) >= 11 is 6.07. The number of aromatic nitrogens is 2. The maximum atomic E-state index is 12.1. The van der Waals surface area contributed by atoms with Gasteiger partial charge in [-0.2, -0.15) is 0 Å². The van der Waals surface area contributed by atoms with Crippen LogP contribution in [-0.4, -0.2) is 22.5 Å². The first-order valence-corrected chi connectivity index (χ1v) is 6.50. The number of halogens is 1. The Morgan fingerprint density at radius 1 is 1.35 bits per heavy atom. The van der Waals surface area contributed by atoms with E-state index < -0.39 is 0 Å². The van der Waals surface area contributed by atoms with Crippen molar-refractivity contribution in [3.63, 3.8) is 0 Å². The van der Waals surface area contributed by atoms with E-state index in [1.807, 2.05) is 19.9 Å². The molecule has 0 atom stereocenters. The van der Waals surface area contributed by atoms with E-state index in [9.17, 15) is 4.79 Å². The van der Waals surface area contributed by atoms with E-state index in [0.717, 1.165) is 5.56 Å². The molecule has 1 aromatic carbocycles. The van der Waals surface area contributed by atoms with Crippen molar-refractivity contribution in [3.05, 3.63) is 46.9 Å². The number of benzene rings is 1. The van der Waals surface area contributed by atoms with Gasteiger partial charge in [-0.05, 0) is 31.5 Å². The maximum Gasteiger partial charge on any atom is 0.274 e. The van der Waals surface area contributed by atoms with Crippen molar-refractivity contribution in [2.75, 3.05) is 11.9 Å². The molecule has 0 aliphatic rings. The van der Waals surface area contributed by atoms with Gasteiger partial charge >= 0.3 is 0 Å². The molecule has 6 heteroatoms. The first-order chi connectivity index (χ1) is 9.60. The summed E-state index contributed by atoms with van der Waals surface area (Å²) in [6.07, 6.45) is 1.29. The highest BCUT2D eigenvalue weighted by Crippen LogP contribution is 2.23. The van der Waals surface area contributed by atoms with Crippen LogP contribution in [0.4, 0.5) is 5.69 Å². The lowest BCUT2D eigenvalue weighted by Crippen LogP contribution is -2.14. The summed E-state index contributed by atoms with van der Waals surface area (Å²) < 4.78 is 5.23. The Morgan fingerprint density at radius 3 is 2.85 bits per heavy atom. The lowest BCUT2D eigenvalue weighted by molar-refractivity contribution is 0.102. The molecule has 2 rings (SSSR count). The Bertz CT molecular complexity index is 632. The molecule has 1 N–H and O–H groups in total. The molecule has 0 aliphatic heterocycles. The van der Waals surface area contributed by atoms with Crippen LogP contribution in [-0.2, 0) is 0 Å². The molecular weight excluding hydrogens is 278 g/mol. The second-order valence-corrected chi connectivity index (χ2v) is 4.52. The van der Waals surface area contributed by atoms with Crippen LogP contribution in [0.15, 0.2) is 30.6 Å². The van der Waals surface area contributed by atoms with Gasteiger partial charge in [-0.3, -0.25) is 4.79 Å². The van der Waals surface area contributed by atoms with Crippen LogP contribution in [0.25, 0.3) is 0 Å². The molecule has 2 aromatic rings. The van der Waals surface area contributed by atoms with Crippen molar-refractivity contribution in [2.45, 2.75) is 13.8 Å². The van der Waals surface area contributed by atoms with Crippen molar-refractivity contribution in [3.8, 4) is 5.88 Å². The molecule has 0 bridgehead atoms. The van der Waals surface area contributed by atoms with Crippen LogP contribution in [0.5, 0.6) is 5.88 Å². The molecule has 1 heterocycles. The second kappa shape index (κ2) is 6.34. The molecule has 0 aliphatic carbocycles. The van der Waals surface area contributed by atoms with Crippen LogP contribution in [0.2, 0.25) is 5.02 Å². The Balaban J connectivity index is 2.17. The van der Waals surface area contributed by atoms with Gasteiger partial charge in [0.1, 0.15) is 12.0 Å². The predicted molar refractivity (Wildman–Crippen MR) is 77.3 cm³/mol. The molecule has 0 radical (unpaired) electrons. The van der Waals surface area contributed by atoms with Crippen molar-refractivity contribution in [1.29, 1.82) is 0 Å². The third-order valence-corrected chi connectivity index (χ3v) is 2.85. The highest BCUT2D eigenvalue weighted by molar-refractivity contribution is 6.34. The van der Waals surface area contributed by atoms with Gasteiger partial charge < -0.3 is 10.1 Å². The molecule has 20 heavy (non-hydrogen) atoms. The van der Waals surface area contributed by atoms with Crippen LogP contribution in [0.1, 0.15) is 23.0 Å². The van der Waals surface area contributed by atoms with Gasteiger partial charge in [0, 0.05) is 6.07 Å². The van der Waals surface area contributed by atoms with Gasteiger partial charge in [-0.15, -0.1) is 0 Å². The average Bonchev–Trinajstić information content (AvgIpc) is 2.42. The number of amides is 1. The Hall–Kier alpha value is -2.14.